The average molecular weight is 325 g/mol. The Morgan fingerprint density at radius 3 is 2.09 bits per heavy atom. The molecule has 0 aromatic heterocycles. The summed E-state index contributed by atoms with van der Waals surface area (Å²) in [5.41, 5.74) is 4.83. The van der Waals surface area contributed by atoms with Crippen LogP contribution in [-0.4, -0.2) is 64.4 Å². The van der Waals surface area contributed by atoms with Gasteiger partial charge < -0.3 is 20.6 Å². The number of hydrogen-bond donors (Lipinski definition) is 2. The molecule has 2 aliphatic rings. The maximum absolute atomic E-state index is 12.8. The number of piperidine rings is 1. The van der Waals surface area contributed by atoms with Crippen molar-refractivity contribution in [1.82, 2.24) is 9.80 Å². The first-order chi connectivity index (χ1) is 10.7. The van der Waals surface area contributed by atoms with Crippen molar-refractivity contribution in [3.05, 3.63) is 0 Å². The third-order valence-electron chi connectivity index (χ3n) is 5.16. The van der Waals surface area contributed by atoms with Gasteiger partial charge >= 0.3 is 0 Å². The summed E-state index contributed by atoms with van der Waals surface area (Å²) < 4.78 is 0. The van der Waals surface area contributed by atoms with E-state index in [4.69, 9.17) is 5.73 Å². The van der Waals surface area contributed by atoms with Gasteiger partial charge in [-0.15, -0.1) is 0 Å². The van der Waals surface area contributed by atoms with Crippen LogP contribution in [0.3, 0.4) is 0 Å². The number of primary amides is 1. The number of likely N-dealkylation sites (tertiary alicyclic amines) is 2. The van der Waals surface area contributed by atoms with E-state index in [2.05, 4.69) is 0 Å². The molecule has 0 aromatic rings. The monoisotopic (exact) mass is 325 g/mol. The van der Waals surface area contributed by atoms with Crippen molar-refractivity contribution in [1.29, 1.82) is 0 Å². The predicted molar refractivity (Wildman–Crippen MR) is 84.1 cm³/mol. The summed E-state index contributed by atoms with van der Waals surface area (Å²) in [6.45, 7) is 6.76. The summed E-state index contributed by atoms with van der Waals surface area (Å²) in [4.78, 5) is 39.7. The zero-order valence-corrected chi connectivity index (χ0v) is 14.1. The number of carbonyl (C=O) groups is 3. The molecule has 0 aliphatic carbocycles. The molecular formula is C16H27N3O4. The largest absolute Gasteiger partial charge is 0.391 e. The van der Waals surface area contributed by atoms with Crippen molar-refractivity contribution in [2.75, 3.05) is 19.6 Å². The first kappa shape index (κ1) is 17.7. The van der Waals surface area contributed by atoms with E-state index in [9.17, 15) is 19.5 Å². The lowest BCUT2D eigenvalue weighted by molar-refractivity contribution is -0.149. The molecule has 23 heavy (non-hydrogen) atoms. The Morgan fingerprint density at radius 1 is 1.13 bits per heavy atom. The summed E-state index contributed by atoms with van der Waals surface area (Å²) in [6.07, 6.45) is 0.860. The fourth-order valence-electron chi connectivity index (χ4n) is 3.75. The van der Waals surface area contributed by atoms with Crippen molar-refractivity contribution in [2.45, 2.75) is 52.2 Å². The van der Waals surface area contributed by atoms with Crippen molar-refractivity contribution >= 4 is 17.7 Å². The first-order valence-corrected chi connectivity index (χ1v) is 8.27. The smallest absolute Gasteiger partial charge is 0.242 e. The zero-order chi connectivity index (χ0) is 17.4. The molecule has 1 spiro atoms. The van der Waals surface area contributed by atoms with Gasteiger partial charge in [0.2, 0.25) is 17.7 Å². The number of aliphatic hydroxyl groups excluding tert-OH is 1. The van der Waals surface area contributed by atoms with Gasteiger partial charge in [0.25, 0.3) is 0 Å². The number of rotatable bonds is 4. The Kier molecular flexibility index (Phi) is 4.98. The van der Waals surface area contributed by atoms with Gasteiger partial charge in [-0.25, -0.2) is 0 Å². The summed E-state index contributed by atoms with van der Waals surface area (Å²) >= 11 is 0. The molecule has 0 unspecified atom stereocenters. The minimum absolute atomic E-state index is 0.0469. The van der Waals surface area contributed by atoms with Crippen molar-refractivity contribution < 1.29 is 19.5 Å². The first-order valence-electron chi connectivity index (χ1n) is 8.27. The Hall–Kier alpha value is -1.63. The maximum atomic E-state index is 12.8. The van der Waals surface area contributed by atoms with Gasteiger partial charge in [-0.2, -0.15) is 0 Å². The summed E-state index contributed by atoms with van der Waals surface area (Å²) in [6, 6.07) is -0.975. The fourth-order valence-corrected chi connectivity index (χ4v) is 3.75. The van der Waals surface area contributed by atoms with Gasteiger partial charge in [-0.1, -0.05) is 13.8 Å². The molecule has 3 amide bonds. The SMILES string of the molecule is CC(C)C(=O)N1CCC2(CC1)CCN([C@H](C(N)=O)[C@@H](C)O)C2=O. The van der Waals surface area contributed by atoms with E-state index in [1.165, 1.54) is 11.8 Å². The lowest BCUT2D eigenvalue weighted by Gasteiger charge is -2.39. The molecule has 2 aliphatic heterocycles. The standard InChI is InChI=1S/C16H27N3O4/c1-10(2)14(22)18-7-4-16(5-8-18)6-9-19(15(16)23)12(11(3)20)13(17)21/h10-12,20H,4-9H2,1-3H3,(H2,17,21)/t11-,12+/m1/s1. The predicted octanol–water partition coefficient (Wildman–Crippen LogP) is -0.282. The number of nitrogens with two attached hydrogens (primary N) is 1. The van der Waals surface area contributed by atoms with E-state index < -0.39 is 23.5 Å². The van der Waals surface area contributed by atoms with E-state index in [-0.39, 0.29) is 17.7 Å². The fraction of sp³-hybridized carbons (Fsp3) is 0.812. The van der Waals surface area contributed by atoms with Gasteiger partial charge in [-0.05, 0) is 26.2 Å². The summed E-state index contributed by atoms with van der Waals surface area (Å²) in [5.74, 6) is -0.730. The van der Waals surface area contributed by atoms with E-state index in [1.54, 1.807) is 0 Å². The second-order valence-corrected chi connectivity index (χ2v) is 7.10. The summed E-state index contributed by atoms with van der Waals surface area (Å²) in [7, 11) is 0. The van der Waals surface area contributed by atoms with Crippen LogP contribution in [0, 0.1) is 11.3 Å². The van der Waals surface area contributed by atoms with Crippen molar-refractivity contribution in [3.63, 3.8) is 0 Å². The molecule has 0 radical (unpaired) electrons. The molecule has 0 saturated carbocycles. The van der Waals surface area contributed by atoms with E-state index in [0.717, 1.165) is 0 Å². The van der Waals surface area contributed by atoms with Crippen LogP contribution < -0.4 is 5.73 Å². The minimum atomic E-state index is -0.991. The molecule has 2 rings (SSSR count). The van der Waals surface area contributed by atoms with Crippen molar-refractivity contribution in [2.24, 2.45) is 17.1 Å². The van der Waals surface area contributed by atoms with Crippen LogP contribution in [0.2, 0.25) is 0 Å². The number of aliphatic hydroxyl groups is 1. The molecule has 3 N–H and O–H groups in total. The molecule has 0 bridgehead atoms. The Balaban J connectivity index is 2.08. The number of amides is 3. The molecule has 2 fully saturated rings. The number of carbonyl (C=O) groups excluding carboxylic acids is 3. The molecular weight excluding hydrogens is 298 g/mol. The molecule has 2 heterocycles. The van der Waals surface area contributed by atoms with E-state index in [1.807, 2.05) is 18.7 Å². The molecule has 0 aromatic carbocycles. The highest BCUT2D eigenvalue weighted by molar-refractivity contribution is 5.91. The van der Waals surface area contributed by atoms with Gasteiger partial charge in [-0.3, -0.25) is 14.4 Å². The van der Waals surface area contributed by atoms with Crippen LogP contribution in [0.5, 0.6) is 0 Å². The van der Waals surface area contributed by atoms with Crippen LogP contribution in [0.15, 0.2) is 0 Å². The van der Waals surface area contributed by atoms with Crippen LogP contribution in [0.25, 0.3) is 0 Å². The second kappa shape index (κ2) is 6.47. The highest BCUT2D eigenvalue weighted by atomic mass is 16.3. The molecule has 2 saturated heterocycles. The second-order valence-electron chi connectivity index (χ2n) is 7.10. The minimum Gasteiger partial charge on any atom is -0.391 e. The zero-order valence-electron chi connectivity index (χ0n) is 14.1. The van der Waals surface area contributed by atoms with Gasteiger partial charge in [0.1, 0.15) is 6.04 Å². The topological polar surface area (TPSA) is 104 Å². The molecule has 7 nitrogen and oxygen atoms in total. The van der Waals surface area contributed by atoms with Crippen LogP contribution >= 0.6 is 0 Å². The van der Waals surface area contributed by atoms with E-state index in [0.29, 0.717) is 38.9 Å². The van der Waals surface area contributed by atoms with Gasteiger partial charge in [0, 0.05) is 25.6 Å². The van der Waals surface area contributed by atoms with Crippen molar-refractivity contribution in [3.8, 4) is 0 Å². The highest BCUT2D eigenvalue weighted by Gasteiger charge is 2.51. The van der Waals surface area contributed by atoms with Crippen LogP contribution in [0.1, 0.15) is 40.0 Å². The molecule has 7 heteroatoms. The maximum Gasteiger partial charge on any atom is 0.242 e. The lowest BCUT2D eigenvalue weighted by atomic mass is 9.77. The normalized spacial score (nSPS) is 23.4. The quantitative estimate of drug-likeness (QED) is 0.741. The Bertz CT molecular complexity index is 496. The lowest BCUT2D eigenvalue weighted by Crippen LogP contribution is -2.54. The Labute approximate surface area is 136 Å². The third kappa shape index (κ3) is 3.20. The Morgan fingerprint density at radius 2 is 1.65 bits per heavy atom. The highest BCUT2D eigenvalue weighted by Crippen LogP contribution is 2.42. The van der Waals surface area contributed by atoms with Gasteiger partial charge in [0.05, 0.1) is 11.5 Å². The van der Waals surface area contributed by atoms with Gasteiger partial charge in [0.15, 0.2) is 0 Å². The number of hydrogen-bond acceptors (Lipinski definition) is 4. The van der Waals surface area contributed by atoms with E-state index >= 15 is 0 Å². The third-order valence-corrected chi connectivity index (χ3v) is 5.16. The molecule has 130 valence electrons. The average Bonchev–Trinajstić information content (AvgIpc) is 2.77. The van der Waals surface area contributed by atoms with Crippen LogP contribution in [-0.2, 0) is 14.4 Å². The molecule has 2 atom stereocenters. The number of nitrogens with zero attached hydrogens (tertiary/aromatic N) is 2. The van der Waals surface area contributed by atoms with Crippen LogP contribution in [0.4, 0.5) is 0 Å². The summed E-state index contributed by atoms with van der Waals surface area (Å²) in [5, 5.41) is 9.78.